The number of phenolic OH excluding ortho intramolecular Hbond substituents is 1. The summed E-state index contributed by atoms with van der Waals surface area (Å²) in [5.41, 5.74) is 2.21. The minimum Gasteiger partial charge on any atom is -0.507 e. The highest BCUT2D eigenvalue weighted by Gasteiger charge is 2.27. The van der Waals surface area contributed by atoms with Gasteiger partial charge >= 0.3 is 0 Å². The first-order chi connectivity index (χ1) is 8.75. The maximum absolute atomic E-state index is 10.2. The first-order valence-corrected chi connectivity index (χ1v) is 6.86. The lowest BCUT2D eigenvalue weighted by Gasteiger charge is -2.17. The van der Waals surface area contributed by atoms with E-state index in [0.29, 0.717) is 11.7 Å². The number of nitrogens with one attached hydrogen (secondary N) is 1. The fourth-order valence-electron chi connectivity index (χ4n) is 3.21. The van der Waals surface area contributed by atoms with Crippen LogP contribution in [0.15, 0.2) is 23.2 Å². The molecule has 18 heavy (non-hydrogen) atoms. The summed E-state index contributed by atoms with van der Waals surface area (Å²) in [6, 6.07) is 5.87. The van der Waals surface area contributed by atoms with Crippen LogP contribution in [0.1, 0.15) is 43.2 Å². The van der Waals surface area contributed by atoms with Crippen LogP contribution in [0.3, 0.4) is 0 Å². The van der Waals surface area contributed by atoms with Gasteiger partial charge in [0.25, 0.3) is 0 Å². The lowest BCUT2D eigenvalue weighted by atomic mass is 9.91. The van der Waals surface area contributed by atoms with Gasteiger partial charge in [0.2, 0.25) is 0 Å². The molecule has 3 heteroatoms. The Morgan fingerprint density at radius 3 is 2.89 bits per heavy atom. The Balaban J connectivity index is 2.00. The Labute approximate surface area is 108 Å². The van der Waals surface area contributed by atoms with Crippen molar-refractivity contribution in [1.82, 2.24) is 5.32 Å². The van der Waals surface area contributed by atoms with Crippen molar-refractivity contribution in [3.05, 3.63) is 29.3 Å². The average Bonchev–Trinajstić information content (AvgIpc) is 2.99. The molecular weight excluding hydrogens is 224 g/mol. The molecule has 0 amide bonds. The molecule has 0 saturated heterocycles. The van der Waals surface area contributed by atoms with E-state index in [-0.39, 0.29) is 0 Å². The van der Waals surface area contributed by atoms with E-state index < -0.39 is 0 Å². The normalized spacial score (nSPS) is 27.1. The van der Waals surface area contributed by atoms with E-state index in [0.717, 1.165) is 30.4 Å². The highest BCUT2D eigenvalue weighted by Crippen LogP contribution is 2.41. The van der Waals surface area contributed by atoms with Gasteiger partial charge < -0.3 is 10.4 Å². The van der Waals surface area contributed by atoms with Crippen molar-refractivity contribution >= 4 is 5.84 Å². The largest absolute Gasteiger partial charge is 0.507 e. The molecular formula is C15H20N2O. The molecule has 0 aromatic heterocycles. The SMILES string of the molecule is CC1CCC(c2cccc(O)c2C2=NCCN2)C1. The zero-order chi connectivity index (χ0) is 12.5. The number of hydrogen-bond acceptors (Lipinski definition) is 3. The van der Waals surface area contributed by atoms with E-state index in [9.17, 15) is 5.11 Å². The Kier molecular flexibility index (Phi) is 2.98. The Morgan fingerprint density at radius 1 is 1.33 bits per heavy atom. The predicted molar refractivity (Wildman–Crippen MR) is 73.3 cm³/mol. The Morgan fingerprint density at radius 2 is 2.22 bits per heavy atom. The predicted octanol–water partition coefficient (Wildman–Crippen LogP) is 2.65. The number of nitrogens with zero attached hydrogens (tertiary/aromatic N) is 1. The zero-order valence-corrected chi connectivity index (χ0v) is 10.8. The second kappa shape index (κ2) is 4.63. The summed E-state index contributed by atoms with van der Waals surface area (Å²) in [7, 11) is 0. The van der Waals surface area contributed by atoms with Crippen molar-refractivity contribution < 1.29 is 5.11 Å². The molecule has 2 unspecified atom stereocenters. The van der Waals surface area contributed by atoms with Gasteiger partial charge in [0, 0.05) is 6.54 Å². The second-order valence-electron chi connectivity index (χ2n) is 5.51. The average molecular weight is 244 g/mol. The third-order valence-corrected chi connectivity index (χ3v) is 4.12. The molecule has 0 radical (unpaired) electrons. The molecule has 3 rings (SSSR count). The summed E-state index contributed by atoms with van der Waals surface area (Å²) in [6.07, 6.45) is 3.74. The maximum Gasteiger partial charge on any atom is 0.132 e. The smallest absolute Gasteiger partial charge is 0.132 e. The van der Waals surface area contributed by atoms with Gasteiger partial charge in [0.05, 0.1) is 12.1 Å². The second-order valence-corrected chi connectivity index (χ2v) is 5.51. The van der Waals surface area contributed by atoms with Crippen LogP contribution in [-0.2, 0) is 0 Å². The van der Waals surface area contributed by atoms with Gasteiger partial charge in [0.15, 0.2) is 0 Å². The molecule has 0 bridgehead atoms. The van der Waals surface area contributed by atoms with Crippen molar-refractivity contribution in [1.29, 1.82) is 0 Å². The first kappa shape index (κ1) is 11.6. The molecule has 3 nitrogen and oxygen atoms in total. The van der Waals surface area contributed by atoms with Crippen LogP contribution in [0.2, 0.25) is 0 Å². The van der Waals surface area contributed by atoms with E-state index in [1.807, 2.05) is 6.07 Å². The summed E-state index contributed by atoms with van der Waals surface area (Å²) in [6.45, 7) is 4.00. The van der Waals surface area contributed by atoms with E-state index in [1.165, 1.54) is 24.8 Å². The van der Waals surface area contributed by atoms with E-state index in [1.54, 1.807) is 6.07 Å². The Bertz CT molecular complexity index is 481. The van der Waals surface area contributed by atoms with Gasteiger partial charge in [-0.25, -0.2) is 0 Å². The Hall–Kier alpha value is -1.51. The summed E-state index contributed by atoms with van der Waals surface area (Å²) in [4.78, 5) is 4.46. The third-order valence-electron chi connectivity index (χ3n) is 4.12. The summed E-state index contributed by atoms with van der Waals surface area (Å²) >= 11 is 0. The fraction of sp³-hybridized carbons (Fsp3) is 0.533. The van der Waals surface area contributed by atoms with Crippen LogP contribution in [0.5, 0.6) is 5.75 Å². The van der Waals surface area contributed by atoms with Crippen LogP contribution < -0.4 is 5.32 Å². The standard InChI is InChI=1S/C15H20N2O/c1-10-5-6-11(9-10)12-3-2-4-13(18)14(12)15-16-7-8-17-15/h2-4,10-11,18H,5-9H2,1H3,(H,16,17). The van der Waals surface area contributed by atoms with Gasteiger partial charge in [0.1, 0.15) is 11.6 Å². The topological polar surface area (TPSA) is 44.6 Å². The molecule has 2 aliphatic rings. The number of aliphatic imine (C=N–C) groups is 1. The van der Waals surface area contributed by atoms with Crippen LogP contribution in [0.4, 0.5) is 0 Å². The molecule has 1 aromatic rings. The summed E-state index contributed by atoms with van der Waals surface area (Å²) < 4.78 is 0. The van der Waals surface area contributed by atoms with E-state index >= 15 is 0 Å². The zero-order valence-electron chi connectivity index (χ0n) is 10.8. The van der Waals surface area contributed by atoms with Gasteiger partial charge in [-0.2, -0.15) is 0 Å². The lowest BCUT2D eigenvalue weighted by molar-refractivity contribution is 0.472. The van der Waals surface area contributed by atoms with Gasteiger partial charge in [-0.05, 0) is 36.3 Å². The molecule has 1 aliphatic carbocycles. The lowest BCUT2D eigenvalue weighted by Crippen LogP contribution is -2.21. The number of amidine groups is 1. The van der Waals surface area contributed by atoms with Gasteiger partial charge in [-0.1, -0.05) is 25.5 Å². The summed E-state index contributed by atoms with van der Waals surface area (Å²) in [5, 5.41) is 13.4. The molecule has 1 aromatic carbocycles. The molecule has 2 atom stereocenters. The minimum absolute atomic E-state index is 0.361. The van der Waals surface area contributed by atoms with Gasteiger partial charge in [-0.3, -0.25) is 4.99 Å². The van der Waals surface area contributed by atoms with Crippen LogP contribution in [0, 0.1) is 5.92 Å². The summed E-state index contributed by atoms with van der Waals surface area (Å²) in [5.74, 6) is 2.61. The number of benzene rings is 1. The number of hydrogen-bond donors (Lipinski definition) is 2. The number of rotatable bonds is 2. The molecule has 1 heterocycles. The van der Waals surface area contributed by atoms with Crippen LogP contribution in [0.25, 0.3) is 0 Å². The highest BCUT2D eigenvalue weighted by molar-refractivity contribution is 6.03. The van der Waals surface area contributed by atoms with Crippen molar-refractivity contribution in [3.8, 4) is 5.75 Å². The van der Waals surface area contributed by atoms with Crippen LogP contribution in [-0.4, -0.2) is 24.0 Å². The monoisotopic (exact) mass is 244 g/mol. The molecule has 1 fully saturated rings. The molecule has 96 valence electrons. The third kappa shape index (κ3) is 1.98. The van der Waals surface area contributed by atoms with Crippen molar-refractivity contribution in [2.24, 2.45) is 10.9 Å². The van der Waals surface area contributed by atoms with Crippen molar-refractivity contribution in [2.45, 2.75) is 32.1 Å². The van der Waals surface area contributed by atoms with Crippen molar-refractivity contribution in [2.75, 3.05) is 13.1 Å². The molecule has 1 saturated carbocycles. The van der Waals surface area contributed by atoms with Crippen molar-refractivity contribution in [3.63, 3.8) is 0 Å². The van der Waals surface area contributed by atoms with Crippen LogP contribution >= 0.6 is 0 Å². The quantitative estimate of drug-likeness (QED) is 0.840. The molecule has 2 N–H and O–H groups in total. The minimum atomic E-state index is 0.361. The number of phenols is 1. The van der Waals surface area contributed by atoms with Gasteiger partial charge in [-0.15, -0.1) is 0 Å². The first-order valence-electron chi connectivity index (χ1n) is 6.86. The number of aromatic hydroxyl groups is 1. The molecule has 1 aliphatic heterocycles. The van der Waals surface area contributed by atoms with E-state index in [4.69, 9.17) is 0 Å². The fourth-order valence-corrected chi connectivity index (χ4v) is 3.21. The molecule has 0 spiro atoms. The van der Waals surface area contributed by atoms with E-state index in [2.05, 4.69) is 23.3 Å². The maximum atomic E-state index is 10.2. The highest BCUT2D eigenvalue weighted by atomic mass is 16.3.